The lowest BCUT2D eigenvalue weighted by atomic mass is 10.1. The van der Waals surface area contributed by atoms with Crippen molar-refractivity contribution in [2.75, 3.05) is 0 Å². The number of benzene rings is 2. The predicted octanol–water partition coefficient (Wildman–Crippen LogP) is 4.00. The maximum atomic E-state index is 2.30. The van der Waals surface area contributed by atoms with Crippen LogP contribution in [0, 0.1) is 6.92 Å². The van der Waals surface area contributed by atoms with E-state index in [-0.39, 0.29) is 0 Å². The molecule has 0 radical (unpaired) electrons. The average Bonchev–Trinajstić information content (AvgIpc) is 2.76. The average molecular weight is 221 g/mol. The van der Waals surface area contributed by atoms with Gasteiger partial charge in [0.05, 0.1) is 0 Å². The summed E-state index contributed by atoms with van der Waals surface area (Å²) in [4.78, 5) is 0. The largest absolute Gasteiger partial charge is 0.343 e. The molecule has 0 bridgehead atoms. The third-order valence-electron chi connectivity index (χ3n) is 3.23. The molecule has 0 unspecified atom stereocenters. The number of aryl methyl sites for hydroxylation is 1. The van der Waals surface area contributed by atoms with Gasteiger partial charge in [-0.25, -0.2) is 0 Å². The first-order valence-corrected chi connectivity index (χ1v) is 5.93. The zero-order valence-electron chi connectivity index (χ0n) is 9.93. The monoisotopic (exact) mass is 221 g/mol. The summed E-state index contributed by atoms with van der Waals surface area (Å²) >= 11 is 0. The van der Waals surface area contributed by atoms with Crippen LogP contribution in [0.5, 0.6) is 0 Å². The molecule has 0 amide bonds. The van der Waals surface area contributed by atoms with Crippen molar-refractivity contribution in [3.63, 3.8) is 0 Å². The summed E-state index contributed by atoms with van der Waals surface area (Å²) in [5.41, 5.74) is 4.00. The van der Waals surface area contributed by atoms with Gasteiger partial charge >= 0.3 is 0 Å². The number of rotatable bonds is 2. The van der Waals surface area contributed by atoms with Gasteiger partial charge in [-0.15, -0.1) is 0 Å². The van der Waals surface area contributed by atoms with Crippen molar-refractivity contribution in [3.05, 3.63) is 71.9 Å². The van der Waals surface area contributed by atoms with Crippen LogP contribution in [0.3, 0.4) is 0 Å². The van der Waals surface area contributed by atoms with Crippen LogP contribution in [0.25, 0.3) is 10.9 Å². The van der Waals surface area contributed by atoms with Gasteiger partial charge in [0.25, 0.3) is 0 Å². The second kappa shape index (κ2) is 4.10. The van der Waals surface area contributed by atoms with Crippen molar-refractivity contribution in [1.29, 1.82) is 0 Å². The first-order valence-electron chi connectivity index (χ1n) is 5.93. The molecule has 2 aromatic carbocycles. The van der Waals surface area contributed by atoms with Crippen molar-refractivity contribution in [2.45, 2.75) is 13.5 Å². The summed E-state index contributed by atoms with van der Waals surface area (Å²) in [5.74, 6) is 0. The molecule has 0 aliphatic heterocycles. The second-order valence-corrected chi connectivity index (χ2v) is 4.44. The van der Waals surface area contributed by atoms with Crippen LogP contribution in [-0.2, 0) is 6.54 Å². The molecule has 0 atom stereocenters. The Labute approximate surface area is 101 Å². The van der Waals surface area contributed by atoms with Crippen LogP contribution >= 0.6 is 0 Å². The maximum Gasteiger partial charge on any atom is 0.0486 e. The Morgan fingerprint density at radius 2 is 1.71 bits per heavy atom. The minimum absolute atomic E-state index is 0.938. The molecule has 1 heteroatoms. The van der Waals surface area contributed by atoms with Gasteiger partial charge < -0.3 is 4.57 Å². The summed E-state index contributed by atoms with van der Waals surface area (Å²) in [6.07, 6.45) is 2.17. The van der Waals surface area contributed by atoms with Gasteiger partial charge in [-0.2, -0.15) is 0 Å². The highest BCUT2D eigenvalue weighted by molar-refractivity contribution is 5.83. The molecule has 0 spiro atoms. The number of hydrogen-bond donors (Lipinski definition) is 0. The molecule has 17 heavy (non-hydrogen) atoms. The molecule has 3 rings (SSSR count). The van der Waals surface area contributed by atoms with Crippen molar-refractivity contribution in [3.8, 4) is 0 Å². The minimum Gasteiger partial charge on any atom is -0.343 e. The first kappa shape index (κ1) is 10.2. The van der Waals surface area contributed by atoms with Crippen molar-refractivity contribution in [2.24, 2.45) is 0 Å². The summed E-state index contributed by atoms with van der Waals surface area (Å²) in [5, 5.41) is 1.35. The van der Waals surface area contributed by atoms with Crippen LogP contribution in [-0.4, -0.2) is 4.57 Å². The van der Waals surface area contributed by atoms with E-state index in [9.17, 15) is 0 Å². The zero-order valence-corrected chi connectivity index (χ0v) is 9.93. The lowest BCUT2D eigenvalue weighted by Gasteiger charge is -2.06. The topological polar surface area (TPSA) is 4.93 Å². The summed E-state index contributed by atoms with van der Waals surface area (Å²) in [6.45, 7) is 3.10. The molecule has 84 valence electrons. The van der Waals surface area contributed by atoms with E-state index in [0.29, 0.717) is 0 Å². The molecule has 0 aliphatic rings. The zero-order chi connectivity index (χ0) is 11.7. The molecule has 1 aromatic heterocycles. The van der Waals surface area contributed by atoms with Crippen LogP contribution < -0.4 is 0 Å². The molecule has 0 N–H and O–H groups in total. The van der Waals surface area contributed by atoms with Crippen LogP contribution in [0.1, 0.15) is 11.1 Å². The Bertz CT molecular complexity index is 635. The number of aromatic nitrogens is 1. The van der Waals surface area contributed by atoms with Gasteiger partial charge in [0.15, 0.2) is 0 Å². The van der Waals surface area contributed by atoms with Gasteiger partial charge in [-0.1, -0.05) is 42.5 Å². The fourth-order valence-corrected chi connectivity index (χ4v) is 2.30. The lowest BCUT2D eigenvalue weighted by Crippen LogP contribution is -1.97. The van der Waals surface area contributed by atoms with E-state index in [0.717, 1.165) is 6.54 Å². The Hall–Kier alpha value is -2.02. The standard InChI is InChI=1S/C16H15N/c1-13-6-5-9-16-15(13)10-11-17(16)12-14-7-3-2-4-8-14/h2-11H,12H2,1H3. The third kappa shape index (κ3) is 1.84. The van der Waals surface area contributed by atoms with Gasteiger partial charge in [0.2, 0.25) is 0 Å². The van der Waals surface area contributed by atoms with Gasteiger partial charge in [-0.3, -0.25) is 0 Å². The predicted molar refractivity (Wildman–Crippen MR) is 72.2 cm³/mol. The fraction of sp³-hybridized carbons (Fsp3) is 0.125. The van der Waals surface area contributed by atoms with E-state index < -0.39 is 0 Å². The highest BCUT2D eigenvalue weighted by Gasteiger charge is 2.02. The van der Waals surface area contributed by atoms with Gasteiger partial charge in [0, 0.05) is 23.6 Å². The summed E-state index contributed by atoms with van der Waals surface area (Å²) in [6, 6.07) is 19.2. The fourth-order valence-electron chi connectivity index (χ4n) is 2.30. The van der Waals surface area contributed by atoms with E-state index >= 15 is 0 Å². The Balaban J connectivity index is 2.05. The third-order valence-corrected chi connectivity index (χ3v) is 3.23. The SMILES string of the molecule is Cc1cccc2c1ccn2Cc1ccccc1. The number of hydrogen-bond acceptors (Lipinski definition) is 0. The lowest BCUT2D eigenvalue weighted by molar-refractivity contribution is 0.837. The van der Waals surface area contributed by atoms with E-state index in [2.05, 4.69) is 72.3 Å². The number of fused-ring (bicyclic) bond motifs is 1. The molecule has 3 aromatic rings. The maximum absolute atomic E-state index is 2.30. The molecular formula is C16H15N. The van der Waals surface area contributed by atoms with Crippen LogP contribution in [0.15, 0.2) is 60.8 Å². The highest BCUT2D eigenvalue weighted by Crippen LogP contribution is 2.20. The smallest absolute Gasteiger partial charge is 0.0486 e. The molecule has 0 saturated heterocycles. The van der Waals surface area contributed by atoms with Crippen molar-refractivity contribution < 1.29 is 0 Å². The Morgan fingerprint density at radius 1 is 0.882 bits per heavy atom. The number of nitrogens with zero attached hydrogens (tertiary/aromatic N) is 1. The minimum atomic E-state index is 0.938. The van der Waals surface area contributed by atoms with Crippen LogP contribution in [0.2, 0.25) is 0 Å². The Kier molecular flexibility index (Phi) is 2.45. The second-order valence-electron chi connectivity index (χ2n) is 4.44. The van der Waals surface area contributed by atoms with Gasteiger partial charge in [-0.05, 0) is 30.2 Å². The van der Waals surface area contributed by atoms with Gasteiger partial charge in [0.1, 0.15) is 0 Å². The quantitative estimate of drug-likeness (QED) is 0.616. The molecule has 0 fully saturated rings. The summed E-state index contributed by atoms with van der Waals surface area (Å²) < 4.78 is 2.30. The van der Waals surface area contributed by atoms with Crippen LogP contribution in [0.4, 0.5) is 0 Å². The van der Waals surface area contributed by atoms with Crippen molar-refractivity contribution in [1.82, 2.24) is 4.57 Å². The molecule has 0 aliphatic carbocycles. The van der Waals surface area contributed by atoms with Crippen molar-refractivity contribution >= 4 is 10.9 Å². The molecule has 0 saturated carbocycles. The normalized spacial score (nSPS) is 10.9. The highest BCUT2D eigenvalue weighted by atomic mass is 14.9. The molecule has 1 heterocycles. The molecule has 1 nitrogen and oxygen atoms in total. The van der Waals surface area contributed by atoms with E-state index in [1.54, 1.807) is 0 Å². The first-order chi connectivity index (χ1) is 8.34. The van der Waals surface area contributed by atoms with E-state index in [4.69, 9.17) is 0 Å². The Morgan fingerprint density at radius 3 is 2.53 bits per heavy atom. The van der Waals surface area contributed by atoms with E-state index in [1.807, 2.05) is 0 Å². The van der Waals surface area contributed by atoms with E-state index in [1.165, 1.54) is 22.0 Å². The molecular weight excluding hydrogens is 206 g/mol. The summed E-state index contributed by atoms with van der Waals surface area (Å²) in [7, 11) is 0.